The van der Waals surface area contributed by atoms with Gasteiger partial charge in [0.05, 0.1) is 99.1 Å². The average molecular weight is 489 g/mol. The van der Waals surface area contributed by atoms with E-state index in [-0.39, 0.29) is 0 Å². The van der Waals surface area contributed by atoms with Gasteiger partial charge in [0.2, 0.25) is 0 Å². The third-order valence-corrected chi connectivity index (χ3v) is 3.79. The van der Waals surface area contributed by atoms with Crippen molar-refractivity contribution in [2.75, 3.05) is 111 Å². The minimum atomic E-state index is 0.548. The van der Waals surface area contributed by atoms with Crippen LogP contribution in [0.5, 0.6) is 0 Å². The van der Waals surface area contributed by atoms with Gasteiger partial charge in [0.1, 0.15) is 0 Å². The zero-order chi connectivity index (χ0) is 21.1. The number of ether oxygens (including phenoxy) is 8. The summed E-state index contributed by atoms with van der Waals surface area (Å²) in [5.41, 5.74) is 0. The van der Waals surface area contributed by atoms with Crippen LogP contribution >= 0.6 is 15.9 Å². The summed E-state index contributed by atoms with van der Waals surface area (Å²) < 4.78 is 43.1. The first-order chi connectivity index (χ1) is 14.4. The highest BCUT2D eigenvalue weighted by molar-refractivity contribution is 9.09. The third-order valence-electron chi connectivity index (χ3n) is 3.47. The van der Waals surface area contributed by atoms with Gasteiger partial charge < -0.3 is 37.9 Å². The molecule has 0 aliphatic rings. The average Bonchev–Trinajstić information content (AvgIpc) is 2.74. The van der Waals surface area contributed by atoms with E-state index in [9.17, 15) is 0 Å². The molecule has 0 aliphatic heterocycles. The summed E-state index contributed by atoms with van der Waals surface area (Å²) in [6, 6.07) is 0. The first-order valence-electron chi connectivity index (χ1n) is 10.6. The fraction of sp³-hybridized carbons (Fsp3) is 1.00. The van der Waals surface area contributed by atoms with Crippen LogP contribution in [0.4, 0.5) is 0 Å². The molecule has 0 aromatic heterocycles. The second-order valence-corrected chi connectivity index (χ2v) is 6.73. The fourth-order valence-corrected chi connectivity index (χ4v) is 2.17. The van der Waals surface area contributed by atoms with Crippen molar-refractivity contribution in [2.24, 2.45) is 0 Å². The zero-order valence-corrected chi connectivity index (χ0v) is 19.7. The van der Waals surface area contributed by atoms with Crippen molar-refractivity contribution >= 4 is 15.9 Å². The maximum Gasteiger partial charge on any atom is 0.0701 e. The van der Waals surface area contributed by atoms with Crippen molar-refractivity contribution in [1.29, 1.82) is 0 Å². The second-order valence-electron chi connectivity index (χ2n) is 5.94. The van der Waals surface area contributed by atoms with Gasteiger partial charge in [0.25, 0.3) is 0 Å². The molecule has 0 rings (SSSR count). The van der Waals surface area contributed by atoms with Gasteiger partial charge in [-0.1, -0.05) is 29.3 Å². The molecule has 29 heavy (non-hydrogen) atoms. The van der Waals surface area contributed by atoms with Crippen LogP contribution in [0, 0.1) is 0 Å². The number of hydrogen-bond donors (Lipinski definition) is 0. The Labute approximate surface area is 184 Å². The molecule has 0 amide bonds. The second kappa shape index (κ2) is 28.2. The summed E-state index contributed by atoms with van der Waals surface area (Å²) in [6.45, 7) is 11.7. The lowest BCUT2D eigenvalue weighted by atomic mass is 10.4. The van der Waals surface area contributed by atoms with E-state index in [1.54, 1.807) is 0 Å². The molecule has 0 aromatic rings. The van der Waals surface area contributed by atoms with Crippen molar-refractivity contribution in [3.63, 3.8) is 0 Å². The smallest absolute Gasteiger partial charge is 0.0701 e. The molecule has 8 nitrogen and oxygen atoms in total. The van der Waals surface area contributed by atoms with Gasteiger partial charge in [0, 0.05) is 11.9 Å². The monoisotopic (exact) mass is 488 g/mol. The maximum absolute atomic E-state index is 5.43. The Morgan fingerprint density at radius 1 is 0.379 bits per heavy atom. The van der Waals surface area contributed by atoms with E-state index in [1.807, 2.05) is 0 Å². The molecule has 0 spiro atoms. The standard InChI is InChI=1S/C20H41BrO8/c1-2-3-5-22-7-9-24-11-13-26-15-17-28-19-20-29-18-16-27-14-12-25-10-8-23-6-4-21/h2-20H2,1H3. The molecular weight excluding hydrogens is 448 g/mol. The molecule has 0 aromatic carbocycles. The summed E-state index contributed by atoms with van der Waals surface area (Å²) in [7, 11) is 0. The predicted octanol–water partition coefficient (Wildman–Crippen LogP) is 2.31. The highest BCUT2D eigenvalue weighted by Gasteiger charge is 1.95. The Bertz CT molecular complexity index is 261. The van der Waals surface area contributed by atoms with Gasteiger partial charge >= 0.3 is 0 Å². The minimum Gasteiger partial charge on any atom is -0.379 e. The summed E-state index contributed by atoms with van der Waals surface area (Å²) in [4.78, 5) is 0. The quantitative estimate of drug-likeness (QED) is 0.135. The molecule has 0 aliphatic carbocycles. The lowest BCUT2D eigenvalue weighted by molar-refractivity contribution is -0.0228. The van der Waals surface area contributed by atoms with Gasteiger partial charge in [-0.3, -0.25) is 0 Å². The van der Waals surface area contributed by atoms with E-state index in [0.29, 0.717) is 99.1 Å². The number of rotatable bonds is 26. The molecular formula is C20H41BrO8. The minimum absolute atomic E-state index is 0.548. The van der Waals surface area contributed by atoms with E-state index in [4.69, 9.17) is 37.9 Å². The van der Waals surface area contributed by atoms with Gasteiger partial charge in [-0.2, -0.15) is 0 Å². The first-order valence-corrected chi connectivity index (χ1v) is 11.7. The van der Waals surface area contributed by atoms with Crippen molar-refractivity contribution in [3.05, 3.63) is 0 Å². The third kappa shape index (κ3) is 28.2. The summed E-state index contributed by atoms with van der Waals surface area (Å²) in [5.74, 6) is 0. The summed E-state index contributed by atoms with van der Waals surface area (Å²) in [5, 5.41) is 0.847. The highest BCUT2D eigenvalue weighted by Crippen LogP contribution is 1.88. The van der Waals surface area contributed by atoms with Crippen LogP contribution in [0.1, 0.15) is 19.8 Å². The van der Waals surface area contributed by atoms with Crippen molar-refractivity contribution in [1.82, 2.24) is 0 Å². The molecule has 176 valence electrons. The highest BCUT2D eigenvalue weighted by atomic mass is 79.9. The Morgan fingerprint density at radius 2 is 0.621 bits per heavy atom. The molecule has 0 radical (unpaired) electrons. The van der Waals surface area contributed by atoms with Gasteiger partial charge in [-0.25, -0.2) is 0 Å². The molecule has 0 N–H and O–H groups in total. The van der Waals surface area contributed by atoms with Gasteiger partial charge in [-0.15, -0.1) is 0 Å². The van der Waals surface area contributed by atoms with Crippen LogP contribution in [-0.2, 0) is 37.9 Å². The molecule has 0 saturated carbocycles. The van der Waals surface area contributed by atoms with E-state index < -0.39 is 0 Å². The molecule has 0 saturated heterocycles. The molecule has 0 heterocycles. The van der Waals surface area contributed by atoms with Crippen LogP contribution in [0.2, 0.25) is 0 Å². The first kappa shape index (κ1) is 29.2. The number of halogens is 1. The zero-order valence-electron chi connectivity index (χ0n) is 18.1. The Kier molecular flexibility index (Phi) is 28.3. The lowest BCUT2D eigenvalue weighted by Gasteiger charge is -2.08. The Balaban J connectivity index is 2.97. The molecule has 0 unspecified atom stereocenters. The predicted molar refractivity (Wildman–Crippen MR) is 115 cm³/mol. The van der Waals surface area contributed by atoms with Crippen LogP contribution < -0.4 is 0 Å². The normalized spacial score (nSPS) is 11.4. The molecule has 0 atom stereocenters. The van der Waals surface area contributed by atoms with E-state index in [1.165, 1.54) is 0 Å². The van der Waals surface area contributed by atoms with Crippen molar-refractivity contribution in [2.45, 2.75) is 19.8 Å². The summed E-state index contributed by atoms with van der Waals surface area (Å²) >= 11 is 3.29. The lowest BCUT2D eigenvalue weighted by Crippen LogP contribution is -2.15. The topological polar surface area (TPSA) is 73.8 Å². The van der Waals surface area contributed by atoms with Gasteiger partial charge in [-0.05, 0) is 6.42 Å². The number of alkyl halides is 1. The molecule has 0 fully saturated rings. The SMILES string of the molecule is CCCCOCCOCCOCCOCCOCCOCCOCCOCCBr. The van der Waals surface area contributed by atoms with Crippen LogP contribution in [0.25, 0.3) is 0 Å². The van der Waals surface area contributed by atoms with Crippen molar-refractivity contribution in [3.8, 4) is 0 Å². The molecule has 9 heteroatoms. The Morgan fingerprint density at radius 3 is 0.862 bits per heavy atom. The van der Waals surface area contributed by atoms with Crippen molar-refractivity contribution < 1.29 is 37.9 Å². The number of hydrogen-bond acceptors (Lipinski definition) is 8. The largest absolute Gasteiger partial charge is 0.379 e. The summed E-state index contributed by atoms with van der Waals surface area (Å²) in [6.07, 6.45) is 2.26. The van der Waals surface area contributed by atoms with Crippen LogP contribution in [0.3, 0.4) is 0 Å². The Hall–Kier alpha value is 0.160. The van der Waals surface area contributed by atoms with E-state index in [0.717, 1.165) is 24.8 Å². The number of unbranched alkanes of at least 4 members (excludes halogenated alkanes) is 1. The van der Waals surface area contributed by atoms with E-state index >= 15 is 0 Å². The van der Waals surface area contributed by atoms with Gasteiger partial charge in [0.15, 0.2) is 0 Å². The maximum atomic E-state index is 5.43. The fourth-order valence-electron chi connectivity index (χ4n) is 1.94. The van der Waals surface area contributed by atoms with Crippen LogP contribution in [-0.4, -0.2) is 111 Å². The van der Waals surface area contributed by atoms with Crippen LogP contribution in [0.15, 0.2) is 0 Å². The molecule has 0 bridgehead atoms. The van der Waals surface area contributed by atoms with E-state index in [2.05, 4.69) is 22.9 Å².